The van der Waals surface area contributed by atoms with E-state index in [1.807, 2.05) is 10.6 Å². The Kier molecular flexibility index (Phi) is 6.94. The number of halogens is 2. The summed E-state index contributed by atoms with van der Waals surface area (Å²) < 4.78 is 28.6. The number of fused-ring (bicyclic) bond motifs is 3. The van der Waals surface area contributed by atoms with Crippen LogP contribution in [0.4, 0.5) is 14.6 Å². The molecule has 2 amide bonds. The minimum Gasteiger partial charge on any atom is -0.366 e. The Balaban J connectivity index is 1.45. The quantitative estimate of drug-likeness (QED) is 0.401. The van der Waals surface area contributed by atoms with Crippen LogP contribution in [-0.2, 0) is 17.8 Å². The van der Waals surface area contributed by atoms with Gasteiger partial charge in [-0.2, -0.15) is 0 Å². The minimum atomic E-state index is -0.842. The van der Waals surface area contributed by atoms with E-state index in [4.69, 9.17) is 5.73 Å². The number of rotatable bonds is 7. The molecule has 2 aromatic heterocycles. The Morgan fingerprint density at radius 1 is 1.03 bits per heavy atom. The van der Waals surface area contributed by atoms with E-state index in [-0.39, 0.29) is 12.5 Å². The van der Waals surface area contributed by atoms with Gasteiger partial charge in [-0.25, -0.2) is 18.7 Å². The van der Waals surface area contributed by atoms with Crippen molar-refractivity contribution < 1.29 is 18.4 Å². The minimum absolute atomic E-state index is 0.0593. The first kappa shape index (κ1) is 25.5. The van der Waals surface area contributed by atoms with E-state index in [0.717, 1.165) is 31.3 Å². The fraction of sp³-hybridized carbons (Fsp3) is 0.333. The van der Waals surface area contributed by atoms with E-state index in [1.165, 1.54) is 17.3 Å². The van der Waals surface area contributed by atoms with Crippen molar-refractivity contribution in [2.45, 2.75) is 13.0 Å². The lowest BCUT2D eigenvalue weighted by molar-refractivity contribution is -0.129. The van der Waals surface area contributed by atoms with Gasteiger partial charge in [-0.15, -0.1) is 0 Å². The van der Waals surface area contributed by atoms with Gasteiger partial charge in [-0.3, -0.25) is 14.5 Å². The fourth-order valence-corrected chi connectivity index (χ4v) is 4.98. The number of hydrogen-bond donors (Lipinski definition) is 1. The number of piperazine rings is 1. The third-order valence-corrected chi connectivity index (χ3v) is 7.07. The van der Waals surface area contributed by atoms with Crippen molar-refractivity contribution in [3.05, 3.63) is 65.5 Å². The van der Waals surface area contributed by atoms with E-state index in [1.54, 1.807) is 32.3 Å². The molecule has 2 aromatic carbocycles. The maximum Gasteiger partial charge on any atom is 0.249 e. The van der Waals surface area contributed by atoms with Crippen molar-refractivity contribution in [1.29, 1.82) is 0 Å². The first-order valence-electron chi connectivity index (χ1n) is 12.4. The standard InChI is InChI=1S/C27H29F2N7O2/c1-33(2)22(37)15-36-21-5-3-4-18(26(30)38)23(21)24-25(36)27(32-16-31-24)35-12-10-34(11-13-35)9-8-17-6-7-19(28)20(29)14-17/h3-7,14,16H,8-13,15H2,1-2H3,(H2,30,38). The Morgan fingerprint density at radius 3 is 2.47 bits per heavy atom. The SMILES string of the molecule is CN(C)C(=O)Cn1c2cccc(C(N)=O)c2c2ncnc(N3CCN(CCc4ccc(F)c(F)c4)CC3)c21. The van der Waals surface area contributed by atoms with E-state index in [2.05, 4.69) is 19.8 Å². The van der Waals surface area contributed by atoms with Crippen molar-refractivity contribution >= 4 is 39.6 Å². The average molecular weight is 522 g/mol. The van der Waals surface area contributed by atoms with Gasteiger partial charge >= 0.3 is 0 Å². The Bertz CT molecular complexity index is 1530. The largest absolute Gasteiger partial charge is 0.366 e. The monoisotopic (exact) mass is 521 g/mol. The molecule has 1 saturated heterocycles. The van der Waals surface area contributed by atoms with Crippen molar-refractivity contribution in [3.63, 3.8) is 0 Å². The van der Waals surface area contributed by atoms with Gasteiger partial charge < -0.3 is 20.1 Å². The van der Waals surface area contributed by atoms with Crippen LogP contribution in [0.2, 0.25) is 0 Å². The second-order valence-electron chi connectivity index (χ2n) is 9.66. The lowest BCUT2D eigenvalue weighted by Gasteiger charge is -2.35. The molecule has 11 heteroatoms. The maximum atomic E-state index is 13.6. The van der Waals surface area contributed by atoms with Gasteiger partial charge in [0.15, 0.2) is 17.5 Å². The molecule has 0 unspecified atom stereocenters. The van der Waals surface area contributed by atoms with E-state index < -0.39 is 17.5 Å². The van der Waals surface area contributed by atoms with Gasteiger partial charge in [0, 0.05) is 52.2 Å². The second kappa shape index (κ2) is 10.3. The molecule has 38 heavy (non-hydrogen) atoms. The Hall–Kier alpha value is -4.12. The van der Waals surface area contributed by atoms with Gasteiger partial charge in [0.05, 0.1) is 11.1 Å². The van der Waals surface area contributed by atoms with Gasteiger partial charge in [-0.1, -0.05) is 12.1 Å². The molecular weight excluding hydrogens is 492 g/mol. The van der Waals surface area contributed by atoms with Crippen molar-refractivity contribution in [1.82, 2.24) is 24.3 Å². The van der Waals surface area contributed by atoms with Gasteiger partial charge in [0.25, 0.3) is 0 Å². The van der Waals surface area contributed by atoms with Crippen molar-refractivity contribution in [2.75, 3.05) is 51.7 Å². The predicted molar refractivity (Wildman–Crippen MR) is 141 cm³/mol. The molecule has 0 spiro atoms. The number of amides is 2. The summed E-state index contributed by atoms with van der Waals surface area (Å²) in [5.41, 5.74) is 8.74. The van der Waals surface area contributed by atoms with Crippen LogP contribution in [0.15, 0.2) is 42.7 Å². The zero-order valence-corrected chi connectivity index (χ0v) is 21.3. The lowest BCUT2D eigenvalue weighted by atomic mass is 10.1. The maximum absolute atomic E-state index is 13.6. The van der Waals surface area contributed by atoms with E-state index in [9.17, 15) is 18.4 Å². The van der Waals surface area contributed by atoms with Crippen LogP contribution in [0.1, 0.15) is 15.9 Å². The highest BCUT2D eigenvalue weighted by Gasteiger charge is 2.26. The van der Waals surface area contributed by atoms with Crippen LogP contribution in [0.3, 0.4) is 0 Å². The van der Waals surface area contributed by atoms with E-state index in [0.29, 0.717) is 52.8 Å². The molecule has 0 saturated carbocycles. The highest BCUT2D eigenvalue weighted by atomic mass is 19.2. The highest BCUT2D eigenvalue weighted by molar-refractivity contribution is 6.18. The van der Waals surface area contributed by atoms with Crippen molar-refractivity contribution in [2.24, 2.45) is 5.73 Å². The number of anilines is 1. The number of nitrogens with zero attached hydrogens (tertiary/aromatic N) is 6. The number of likely N-dealkylation sites (N-methyl/N-ethyl adjacent to an activating group) is 1. The van der Waals surface area contributed by atoms with Crippen LogP contribution < -0.4 is 10.6 Å². The molecule has 0 atom stereocenters. The number of benzene rings is 2. The number of carbonyl (C=O) groups is 2. The predicted octanol–water partition coefficient (Wildman–Crippen LogP) is 2.41. The molecule has 4 aromatic rings. The summed E-state index contributed by atoms with van der Waals surface area (Å²) in [6.07, 6.45) is 2.09. The molecule has 2 N–H and O–H groups in total. The third-order valence-electron chi connectivity index (χ3n) is 7.07. The molecule has 0 bridgehead atoms. The molecule has 1 fully saturated rings. The summed E-state index contributed by atoms with van der Waals surface area (Å²) in [5.74, 6) is -1.66. The summed E-state index contributed by atoms with van der Waals surface area (Å²) in [6.45, 7) is 3.63. The molecule has 1 aliphatic heterocycles. The third kappa shape index (κ3) is 4.76. The number of primary amides is 1. The van der Waals surface area contributed by atoms with Crippen LogP contribution in [0.25, 0.3) is 21.9 Å². The molecule has 1 aliphatic rings. The molecule has 3 heterocycles. The molecule has 9 nitrogen and oxygen atoms in total. The average Bonchev–Trinajstić information content (AvgIpc) is 3.23. The highest BCUT2D eigenvalue weighted by Crippen LogP contribution is 2.35. The summed E-state index contributed by atoms with van der Waals surface area (Å²) in [4.78, 5) is 40.1. The molecule has 5 rings (SSSR count). The topological polar surface area (TPSA) is 101 Å². The number of aromatic nitrogens is 3. The van der Waals surface area contributed by atoms with Crippen LogP contribution >= 0.6 is 0 Å². The van der Waals surface area contributed by atoms with Gasteiger partial charge in [-0.05, 0) is 36.2 Å². The molecule has 198 valence electrons. The lowest BCUT2D eigenvalue weighted by Crippen LogP contribution is -2.47. The van der Waals surface area contributed by atoms with E-state index >= 15 is 0 Å². The summed E-state index contributed by atoms with van der Waals surface area (Å²) >= 11 is 0. The number of carbonyl (C=O) groups excluding carboxylic acids is 2. The van der Waals surface area contributed by atoms with Crippen LogP contribution in [0, 0.1) is 11.6 Å². The van der Waals surface area contributed by atoms with Gasteiger partial charge in [0.2, 0.25) is 11.8 Å². The number of nitrogens with two attached hydrogens (primary N) is 1. The molecular formula is C27H29F2N7O2. The fourth-order valence-electron chi connectivity index (χ4n) is 4.98. The second-order valence-corrected chi connectivity index (χ2v) is 9.66. The van der Waals surface area contributed by atoms with Crippen LogP contribution in [0.5, 0.6) is 0 Å². The Labute approximate surface area is 218 Å². The summed E-state index contributed by atoms with van der Waals surface area (Å²) in [5, 5.41) is 0.607. The summed E-state index contributed by atoms with van der Waals surface area (Å²) in [7, 11) is 3.39. The zero-order chi connectivity index (χ0) is 27.0. The smallest absolute Gasteiger partial charge is 0.249 e. The first-order chi connectivity index (χ1) is 18.2. The van der Waals surface area contributed by atoms with Gasteiger partial charge in [0.1, 0.15) is 23.9 Å². The molecule has 0 radical (unpaired) electrons. The normalized spacial score (nSPS) is 14.4. The first-order valence-corrected chi connectivity index (χ1v) is 12.4. The number of hydrogen-bond acceptors (Lipinski definition) is 6. The van der Waals surface area contributed by atoms with Crippen molar-refractivity contribution in [3.8, 4) is 0 Å². The zero-order valence-electron chi connectivity index (χ0n) is 21.3. The summed E-state index contributed by atoms with van der Waals surface area (Å²) in [6, 6.07) is 9.28. The Morgan fingerprint density at radius 2 is 1.79 bits per heavy atom. The van der Waals surface area contributed by atoms with Crippen LogP contribution in [-0.4, -0.2) is 83.0 Å². The molecule has 0 aliphatic carbocycles.